The van der Waals surface area contributed by atoms with Crippen LogP contribution in [0.4, 0.5) is 16.2 Å². The number of nitrogens with zero attached hydrogens (tertiary/aromatic N) is 2. The van der Waals surface area contributed by atoms with Crippen molar-refractivity contribution in [1.82, 2.24) is 5.32 Å². The minimum Gasteiger partial charge on any atom is -0.373 e. The van der Waals surface area contributed by atoms with E-state index in [2.05, 4.69) is 5.32 Å². The summed E-state index contributed by atoms with van der Waals surface area (Å²) < 4.78 is 0. The van der Waals surface area contributed by atoms with Crippen LogP contribution >= 0.6 is 0 Å². The van der Waals surface area contributed by atoms with Crippen molar-refractivity contribution in [2.24, 2.45) is 5.41 Å². The topological polar surface area (TPSA) is 69.7 Å². The summed E-state index contributed by atoms with van der Waals surface area (Å²) in [6.45, 7) is 4.25. The van der Waals surface area contributed by atoms with Crippen LogP contribution < -0.4 is 15.1 Å². The van der Waals surface area contributed by atoms with Crippen molar-refractivity contribution in [3.05, 3.63) is 59.2 Å². The second-order valence-corrected chi connectivity index (χ2v) is 7.67. The molecule has 2 aromatic carbocycles. The lowest BCUT2D eigenvalue weighted by atomic mass is 9.74. The van der Waals surface area contributed by atoms with E-state index in [0.29, 0.717) is 5.69 Å². The van der Waals surface area contributed by atoms with Gasteiger partial charge in [0.1, 0.15) is 0 Å². The Morgan fingerprint density at radius 2 is 1.79 bits per heavy atom. The highest BCUT2D eigenvalue weighted by atomic mass is 16.2. The Labute approximate surface area is 164 Å². The maximum atomic E-state index is 13.5. The molecule has 1 N–H and O–H groups in total. The molecular formula is C22H23N3O3. The summed E-state index contributed by atoms with van der Waals surface area (Å²) in [6.07, 6.45) is 1.14. The molecule has 1 atom stereocenters. The summed E-state index contributed by atoms with van der Waals surface area (Å²) in [5.41, 5.74) is 3.27. The number of nitrogens with one attached hydrogen (secondary N) is 1. The molecule has 2 aliphatic rings. The maximum absolute atomic E-state index is 13.5. The largest absolute Gasteiger partial charge is 0.373 e. The third-order valence-corrected chi connectivity index (χ3v) is 5.72. The summed E-state index contributed by atoms with van der Waals surface area (Å²) in [4.78, 5) is 42.0. The summed E-state index contributed by atoms with van der Waals surface area (Å²) in [6, 6.07) is 12.6. The highest BCUT2D eigenvalue weighted by Gasteiger charge is 2.56. The molecular weight excluding hydrogens is 354 g/mol. The molecule has 0 bridgehead atoms. The van der Waals surface area contributed by atoms with E-state index in [1.807, 2.05) is 56.1 Å². The minimum absolute atomic E-state index is 0.227. The highest BCUT2D eigenvalue weighted by molar-refractivity contribution is 6.30. The Balaban J connectivity index is 1.77. The summed E-state index contributed by atoms with van der Waals surface area (Å²) >= 11 is 0. The molecule has 2 heterocycles. The molecule has 6 heteroatoms. The number of aryl methyl sites for hydroxylation is 2. The van der Waals surface area contributed by atoms with E-state index in [-0.39, 0.29) is 13.0 Å². The fourth-order valence-electron chi connectivity index (χ4n) is 4.19. The van der Waals surface area contributed by atoms with Crippen LogP contribution in [0.3, 0.4) is 0 Å². The van der Waals surface area contributed by atoms with Crippen LogP contribution in [0.15, 0.2) is 42.5 Å². The van der Waals surface area contributed by atoms with Crippen molar-refractivity contribution in [3.8, 4) is 0 Å². The molecule has 28 heavy (non-hydrogen) atoms. The lowest BCUT2D eigenvalue weighted by Gasteiger charge is -2.45. The van der Waals surface area contributed by atoms with Crippen LogP contribution in [0.25, 0.3) is 0 Å². The Bertz CT molecular complexity index is 983. The van der Waals surface area contributed by atoms with Crippen molar-refractivity contribution in [2.45, 2.75) is 26.7 Å². The molecule has 6 nitrogen and oxygen atoms in total. The van der Waals surface area contributed by atoms with Crippen LogP contribution in [-0.2, 0) is 22.4 Å². The fourth-order valence-corrected chi connectivity index (χ4v) is 4.19. The predicted octanol–water partition coefficient (Wildman–Crippen LogP) is 2.82. The van der Waals surface area contributed by atoms with Crippen LogP contribution in [-0.4, -0.2) is 31.4 Å². The summed E-state index contributed by atoms with van der Waals surface area (Å²) in [5.74, 6) is -0.993. The number of hydrogen-bond donors (Lipinski definition) is 1. The van der Waals surface area contributed by atoms with E-state index in [0.717, 1.165) is 33.7 Å². The van der Waals surface area contributed by atoms with Crippen LogP contribution in [0, 0.1) is 12.3 Å². The van der Waals surface area contributed by atoms with Gasteiger partial charge < -0.3 is 4.90 Å². The molecule has 0 aromatic heterocycles. The first-order valence-electron chi connectivity index (χ1n) is 9.45. The first-order valence-corrected chi connectivity index (χ1v) is 9.45. The van der Waals surface area contributed by atoms with E-state index in [9.17, 15) is 14.4 Å². The van der Waals surface area contributed by atoms with Gasteiger partial charge in [-0.1, -0.05) is 36.8 Å². The van der Waals surface area contributed by atoms with Crippen molar-refractivity contribution in [1.29, 1.82) is 0 Å². The number of rotatable bonds is 2. The van der Waals surface area contributed by atoms with Crippen molar-refractivity contribution >= 4 is 29.2 Å². The number of fused-ring (bicyclic) bond motifs is 1. The Morgan fingerprint density at radius 3 is 2.46 bits per heavy atom. The van der Waals surface area contributed by atoms with Gasteiger partial charge in [0.2, 0.25) is 5.91 Å². The van der Waals surface area contributed by atoms with Gasteiger partial charge in [-0.25, -0.2) is 9.69 Å². The quantitative estimate of drug-likeness (QED) is 0.817. The predicted molar refractivity (Wildman–Crippen MR) is 107 cm³/mol. The number of amides is 4. The van der Waals surface area contributed by atoms with Gasteiger partial charge in [0.25, 0.3) is 5.91 Å². The second-order valence-electron chi connectivity index (χ2n) is 7.67. The zero-order valence-electron chi connectivity index (χ0n) is 16.3. The number of anilines is 2. The molecule has 0 aliphatic carbocycles. The summed E-state index contributed by atoms with van der Waals surface area (Å²) in [5, 5.41) is 2.41. The molecule has 1 spiro atoms. The number of carbonyl (C=O) groups is 3. The SMILES string of the molecule is CCc1ccc(N2C(=O)NC(=O)[C@]3(Cc4cc(C)ccc4N(C)C3)C2=O)cc1. The van der Waals surface area contributed by atoms with Crippen molar-refractivity contribution < 1.29 is 14.4 Å². The van der Waals surface area contributed by atoms with Gasteiger partial charge in [-0.3, -0.25) is 14.9 Å². The van der Waals surface area contributed by atoms with E-state index in [1.54, 1.807) is 12.1 Å². The van der Waals surface area contributed by atoms with Crippen LogP contribution in [0.1, 0.15) is 23.6 Å². The number of urea groups is 1. The van der Waals surface area contributed by atoms with Gasteiger partial charge in [-0.2, -0.15) is 0 Å². The second kappa shape index (κ2) is 6.48. The Kier molecular flexibility index (Phi) is 4.22. The molecule has 1 saturated heterocycles. The number of benzene rings is 2. The van der Waals surface area contributed by atoms with Gasteiger partial charge >= 0.3 is 6.03 Å². The lowest BCUT2D eigenvalue weighted by Crippen LogP contribution is -2.68. The molecule has 4 amide bonds. The third-order valence-electron chi connectivity index (χ3n) is 5.72. The number of barbiturate groups is 1. The average molecular weight is 377 g/mol. The maximum Gasteiger partial charge on any atom is 0.335 e. The van der Waals surface area contributed by atoms with Crippen molar-refractivity contribution in [2.75, 3.05) is 23.4 Å². The third kappa shape index (κ3) is 2.68. The molecule has 4 rings (SSSR count). The first-order chi connectivity index (χ1) is 13.4. The molecule has 0 radical (unpaired) electrons. The van der Waals surface area contributed by atoms with Gasteiger partial charge in [-0.05, 0) is 49.1 Å². The summed E-state index contributed by atoms with van der Waals surface area (Å²) in [7, 11) is 1.87. The Morgan fingerprint density at radius 1 is 1.07 bits per heavy atom. The molecule has 0 unspecified atom stereocenters. The van der Waals surface area contributed by atoms with E-state index >= 15 is 0 Å². The van der Waals surface area contributed by atoms with E-state index in [1.165, 1.54) is 0 Å². The lowest BCUT2D eigenvalue weighted by molar-refractivity contribution is -0.142. The van der Waals surface area contributed by atoms with E-state index in [4.69, 9.17) is 0 Å². The average Bonchev–Trinajstić information content (AvgIpc) is 2.67. The van der Waals surface area contributed by atoms with E-state index < -0.39 is 23.3 Å². The van der Waals surface area contributed by atoms with Gasteiger partial charge in [0.05, 0.1) is 5.69 Å². The minimum atomic E-state index is -1.33. The van der Waals surface area contributed by atoms with Crippen molar-refractivity contribution in [3.63, 3.8) is 0 Å². The zero-order chi connectivity index (χ0) is 20.1. The van der Waals surface area contributed by atoms with Gasteiger partial charge in [0.15, 0.2) is 5.41 Å². The zero-order valence-corrected chi connectivity index (χ0v) is 16.3. The van der Waals surface area contributed by atoms with Crippen LogP contribution in [0.2, 0.25) is 0 Å². The molecule has 0 saturated carbocycles. The molecule has 2 aliphatic heterocycles. The fraction of sp³-hybridized carbons (Fsp3) is 0.318. The molecule has 1 fully saturated rings. The molecule has 2 aromatic rings. The van der Waals surface area contributed by atoms with Gasteiger partial charge in [-0.15, -0.1) is 0 Å². The first kappa shape index (κ1) is 18.2. The smallest absolute Gasteiger partial charge is 0.335 e. The van der Waals surface area contributed by atoms with Crippen LogP contribution in [0.5, 0.6) is 0 Å². The number of hydrogen-bond acceptors (Lipinski definition) is 4. The monoisotopic (exact) mass is 377 g/mol. The molecule has 144 valence electrons. The van der Waals surface area contributed by atoms with Gasteiger partial charge in [0, 0.05) is 19.3 Å². The number of imide groups is 2. The standard InChI is InChI=1S/C22H23N3O3/c1-4-15-6-8-17(9-7-15)25-20(27)22(19(26)23-21(25)28)12-16-11-14(2)5-10-18(16)24(3)13-22/h5-11H,4,12-13H2,1-3H3,(H,23,26,28)/t22-/m1/s1. The number of carbonyl (C=O) groups excluding carboxylic acids is 3. The highest BCUT2D eigenvalue weighted by Crippen LogP contribution is 2.40. The Hall–Kier alpha value is -3.15. The normalized spacial score (nSPS) is 21.8.